The van der Waals surface area contributed by atoms with Gasteiger partial charge in [-0.25, -0.2) is 0 Å². The van der Waals surface area contributed by atoms with Crippen LogP contribution in [0.1, 0.15) is 31.2 Å². The molecule has 102 valence electrons. The number of alkyl halides is 3. The van der Waals surface area contributed by atoms with Crippen molar-refractivity contribution in [2.24, 2.45) is 0 Å². The zero-order valence-electron chi connectivity index (χ0n) is 10.5. The van der Waals surface area contributed by atoms with Crippen LogP contribution in [0.4, 0.5) is 13.2 Å². The lowest BCUT2D eigenvalue weighted by atomic mass is 10.1. The van der Waals surface area contributed by atoms with Gasteiger partial charge in [0.1, 0.15) is 12.4 Å². The molecule has 1 heterocycles. The highest BCUT2D eigenvalue weighted by Gasteiger charge is 2.28. The molecular weight excluding hydrogens is 247 g/mol. The highest BCUT2D eigenvalue weighted by molar-refractivity contribution is 5.29. The van der Waals surface area contributed by atoms with Gasteiger partial charge in [-0.1, -0.05) is 13.8 Å². The van der Waals surface area contributed by atoms with Crippen molar-refractivity contribution < 1.29 is 22.6 Å². The zero-order valence-corrected chi connectivity index (χ0v) is 10.5. The van der Waals surface area contributed by atoms with E-state index in [0.29, 0.717) is 17.4 Å². The fraction of sp³-hybridized carbons (Fsp3) is 0.583. The number of hydrogen-bond acceptors (Lipinski definition) is 3. The highest BCUT2D eigenvalue weighted by atomic mass is 19.4. The molecule has 1 aromatic heterocycles. The van der Waals surface area contributed by atoms with Crippen LogP contribution in [-0.4, -0.2) is 24.6 Å². The second kappa shape index (κ2) is 6.04. The van der Waals surface area contributed by atoms with Gasteiger partial charge in [0.05, 0.1) is 12.3 Å². The van der Waals surface area contributed by atoms with Crippen LogP contribution >= 0.6 is 0 Å². The fourth-order valence-corrected chi connectivity index (χ4v) is 1.35. The molecule has 18 heavy (non-hydrogen) atoms. The molecule has 0 saturated heterocycles. The Labute approximate surface area is 104 Å². The van der Waals surface area contributed by atoms with Gasteiger partial charge in [0.25, 0.3) is 0 Å². The normalized spacial score (nSPS) is 11.9. The molecule has 0 radical (unpaired) electrons. The molecular formula is C12H16F3NO2. The summed E-state index contributed by atoms with van der Waals surface area (Å²) in [6, 6.07) is 3.52. The number of rotatable bonds is 5. The van der Waals surface area contributed by atoms with Gasteiger partial charge in [-0.2, -0.15) is 0 Å². The first-order valence-electron chi connectivity index (χ1n) is 5.60. The monoisotopic (exact) mass is 263 g/mol. The molecule has 0 aliphatic rings. The lowest BCUT2D eigenvalue weighted by molar-refractivity contribution is -0.325. The van der Waals surface area contributed by atoms with E-state index in [4.69, 9.17) is 4.74 Å². The first-order valence-corrected chi connectivity index (χ1v) is 5.60. The number of aromatic nitrogens is 1. The van der Waals surface area contributed by atoms with Crippen LogP contribution in [0.5, 0.6) is 5.75 Å². The van der Waals surface area contributed by atoms with E-state index >= 15 is 0 Å². The molecule has 0 aliphatic carbocycles. The molecule has 3 nitrogen and oxygen atoms in total. The van der Waals surface area contributed by atoms with Crippen molar-refractivity contribution in [3.05, 3.63) is 23.5 Å². The molecule has 0 saturated carbocycles. The van der Waals surface area contributed by atoms with E-state index in [-0.39, 0.29) is 6.61 Å². The van der Waals surface area contributed by atoms with Gasteiger partial charge in [-0.3, -0.25) is 9.72 Å². The minimum absolute atomic E-state index is 0.164. The Morgan fingerprint density at radius 2 is 1.89 bits per heavy atom. The van der Waals surface area contributed by atoms with Crippen LogP contribution < -0.4 is 4.74 Å². The molecule has 1 aromatic rings. The zero-order chi connectivity index (χ0) is 13.8. The molecule has 0 atom stereocenters. The number of ether oxygens (including phenoxy) is 2. The van der Waals surface area contributed by atoms with Crippen LogP contribution in [0.3, 0.4) is 0 Å². The molecule has 0 aromatic carbocycles. The number of halogens is 3. The molecule has 0 aliphatic heterocycles. The summed E-state index contributed by atoms with van der Waals surface area (Å²) in [4.78, 5) is 4.31. The third-order valence-corrected chi connectivity index (χ3v) is 2.26. The van der Waals surface area contributed by atoms with E-state index in [9.17, 15) is 13.2 Å². The number of hydrogen-bond donors (Lipinski definition) is 0. The van der Waals surface area contributed by atoms with Crippen molar-refractivity contribution in [1.82, 2.24) is 4.98 Å². The van der Waals surface area contributed by atoms with Crippen molar-refractivity contribution in [2.45, 2.75) is 33.1 Å². The van der Waals surface area contributed by atoms with E-state index in [2.05, 4.69) is 9.72 Å². The van der Waals surface area contributed by atoms with Crippen LogP contribution in [0.15, 0.2) is 12.1 Å². The lowest BCUT2D eigenvalue weighted by Gasteiger charge is -2.12. The Morgan fingerprint density at radius 1 is 1.22 bits per heavy atom. The number of nitrogens with zero attached hydrogens (tertiary/aromatic N) is 1. The van der Waals surface area contributed by atoms with Gasteiger partial charge in [0.15, 0.2) is 0 Å². The van der Waals surface area contributed by atoms with Crippen molar-refractivity contribution in [3.63, 3.8) is 0 Å². The summed E-state index contributed by atoms with van der Waals surface area (Å²) in [5, 5.41) is 0. The summed E-state index contributed by atoms with van der Waals surface area (Å²) >= 11 is 0. The smallest absolute Gasteiger partial charge is 0.489 e. The van der Waals surface area contributed by atoms with Gasteiger partial charge < -0.3 is 4.74 Å². The SMILES string of the molecule is Cc1nc(C(C)C)ccc1OCCOC(F)(F)F. The molecule has 0 fully saturated rings. The summed E-state index contributed by atoms with van der Waals surface area (Å²) < 4.78 is 43.9. The molecule has 0 unspecified atom stereocenters. The second-order valence-electron chi connectivity index (χ2n) is 4.12. The van der Waals surface area contributed by atoms with Gasteiger partial charge in [-0.15, -0.1) is 13.2 Å². The second-order valence-corrected chi connectivity index (χ2v) is 4.12. The van der Waals surface area contributed by atoms with Crippen molar-refractivity contribution in [2.75, 3.05) is 13.2 Å². The molecule has 0 N–H and O–H groups in total. The summed E-state index contributed by atoms with van der Waals surface area (Å²) in [5.41, 5.74) is 1.58. The predicted molar refractivity (Wildman–Crippen MR) is 60.6 cm³/mol. The van der Waals surface area contributed by atoms with E-state index < -0.39 is 13.0 Å². The third kappa shape index (κ3) is 4.91. The third-order valence-electron chi connectivity index (χ3n) is 2.26. The van der Waals surface area contributed by atoms with Gasteiger partial charge in [-0.05, 0) is 25.0 Å². The largest absolute Gasteiger partial charge is 0.522 e. The molecule has 0 spiro atoms. The first-order chi connectivity index (χ1) is 8.29. The minimum Gasteiger partial charge on any atom is -0.489 e. The summed E-state index contributed by atoms with van der Waals surface area (Å²) in [6.07, 6.45) is -4.61. The summed E-state index contributed by atoms with van der Waals surface area (Å²) in [7, 11) is 0. The van der Waals surface area contributed by atoms with Crippen molar-refractivity contribution in [1.29, 1.82) is 0 Å². The maximum absolute atomic E-state index is 11.7. The average molecular weight is 263 g/mol. The maximum atomic E-state index is 11.7. The van der Waals surface area contributed by atoms with Crippen molar-refractivity contribution >= 4 is 0 Å². The molecule has 0 amide bonds. The summed E-state index contributed by atoms with van der Waals surface area (Å²) in [6.45, 7) is 5.09. The quantitative estimate of drug-likeness (QED) is 0.763. The number of pyridine rings is 1. The fourth-order valence-electron chi connectivity index (χ4n) is 1.35. The Balaban J connectivity index is 2.48. The van der Waals surface area contributed by atoms with Gasteiger partial charge in [0.2, 0.25) is 0 Å². The molecule has 6 heteroatoms. The van der Waals surface area contributed by atoms with E-state index in [1.165, 1.54) is 0 Å². The molecule has 0 bridgehead atoms. The number of aryl methyl sites for hydroxylation is 1. The van der Waals surface area contributed by atoms with Crippen LogP contribution in [0.2, 0.25) is 0 Å². The topological polar surface area (TPSA) is 31.4 Å². The lowest BCUT2D eigenvalue weighted by Crippen LogP contribution is -2.18. The van der Waals surface area contributed by atoms with Gasteiger partial charge in [0, 0.05) is 5.69 Å². The van der Waals surface area contributed by atoms with Crippen molar-refractivity contribution in [3.8, 4) is 5.75 Å². The Morgan fingerprint density at radius 3 is 2.39 bits per heavy atom. The highest BCUT2D eigenvalue weighted by Crippen LogP contribution is 2.20. The average Bonchev–Trinajstić information content (AvgIpc) is 2.24. The van der Waals surface area contributed by atoms with E-state index in [1.807, 2.05) is 13.8 Å². The van der Waals surface area contributed by atoms with Crippen LogP contribution in [0.25, 0.3) is 0 Å². The van der Waals surface area contributed by atoms with E-state index in [0.717, 1.165) is 5.69 Å². The van der Waals surface area contributed by atoms with Gasteiger partial charge >= 0.3 is 6.36 Å². The van der Waals surface area contributed by atoms with Crippen LogP contribution in [0, 0.1) is 6.92 Å². The standard InChI is InChI=1S/C12H16F3NO2/c1-8(2)10-4-5-11(9(3)16-10)17-6-7-18-12(13,14)15/h4-5,8H,6-7H2,1-3H3. The first kappa shape index (κ1) is 14.8. The van der Waals surface area contributed by atoms with E-state index in [1.54, 1.807) is 19.1 Å². The Hall–Kier alpha value is -1.30. The Bertz CT molecular complexity index is 391. The minimum atomic E-state index is -4.61. The molecule has 1 rings (SSSR count). The summed E-state index contributed by atoms with van der Waals surface area (Å²) in [5.74, 6) is 0.775. The Kier molecular flexibility index (Phi) is 4.95. The maximum Gasteiger partial charge on any atom is 0.522 e. The van der Waals surface area contributed by atoms with Crippen LogP contribution in [-0.2, 0) is 4.74 Å². The predicted octanol–water partition coefficient (Wildman–Crippen LogP) is 3.43.